The lowest BCUT2D eigenvalue weighted by Gasteiger charge is -1.92. The highest BCUT2D eigenvalue weighted by atomic mass is 32.2. The zero-order chi connectivity index (χ0) is 10.1. The summed E-state index contributed by atoms with van der Waals surface area (Å²) in [4.78, 5) is 8.54. The van der Waals surface area contributed by atoms with Gasteiger partial charge in [-0.05, 0) is 13.8 Å². The quantitative estimate of drug-likeness (QED) is 0.881. The molecule has 2 aromatic heterocycles. The van der Waals surface area contributed by atoms with E-state index in [1.165, 1.54) is 11.3 Å². The van der Waals surface area contributed by atoms with Gasteiger partial charge in [-0.25, -0.2) is 9.97 Å². The Kier molecular flexibility index (Phi) is 2.76. The predicted octanol–water partition coefficient (Wildman–Crippen LogP) is 2.95. The number of rotatable bonds is 2. The minimum absolute atomic E-state index is 0.622. The molecule has 2 heterocycles. The van der Waals surface area contributed by atoms with Crippen LogP contribution in [0.1, 0.15) is 10.7 Å². The Labute approximate surface area is 94.4 Å². The molecule has 6 heteroatoms. The van der Waals surface area contributed by atoms with Gasteiger partial charge in [0.2, 0.25) is 0 Å². The third-order valence-electron chi connectivity index (χ3n) is 1.57. The second kappa shape index (κ2) is 3.88. The number of aromatic nitrogens is 2. The van der Waals surface area contributed by atoms with Gasteiger partial charge >= 0.3 is 0 Å². The summed E-state index contributed by atoms with van der Waals surface area (Å²) >= 11 is 4.80. The second-order valence-electron chi connectivity index (χ2n) is 2.73. The van der Waals surface area contributed by atoms with E-state index >= 15 is 0 Å². The van der Waals surface area contributed by atoms with E-state index in [0.29, 0.717) is 5.13 Å². The fraction of sp³-hybridized carbons (Fsp3) is 0.250. The van der Waals surface area contributed by atoms with Gasteiger partial charge in [-0.2, -0.15) is 0 Å². The van der Waals surface area contributed by atoms with Crippen LogP contribution in [-0.2, 0) is 0 Å². The summed E-state index contributed by atoms with van der Waals surface area (Å²) in [6.45, 7) is 3.97. The molecule has 0 aliphatic heterocycles. The van der Waals surface area contributed by atoms with Gasteiger partial charge in [0.05, 0.1) is 14.9 Å². The highest BCUT2D eigenvalue weighted by Crippen LogP contribution is 2.35. The molecule has 0 spiro atoms. The Morgan fingerprint density at radius 2 is 2.14 bits per heavy atom. The number of anilines is 1. The summed E-state index contributed by atoms with van der Waals surface area (Å²) in [5, 5.41) is 4.79. The molecule has 0 aliphatic rings. The van der Waals surface area contributed by atoms with Crippen LogP contribution >= 0.6 is 34.4 Å². The Bertz CT molecular complexity index is 446. The third-order valence-corrected chi connectivity index (χ3v) is 4.67. The summed E-state index contributed by atoms with van der Waals surface area (Å²) in [5.74, 6) is 0. The number of thiazole rings is 2. The van der Waals surface area contributed by atoms with Crippen molar-refractivity contribution in [1.29, 1.82) is 0 Å². The first-order valence-corrected chi connectivity index (χ1v) is 6.49. The van der Waals surface area contributed by atoms with E-state index in [2.05, 4.69) is 15.3 Å². The molecule has 0 aliphatic carbocycles. The molecule has 0 unspecified atom stereocenters. The number of nitrogens with two attached hydrogens (primary N) is 1. The standard InChI is InChI=1S/C8H9N3S3/c1-4-7(14-8(9)10-4)13-6-3-12-5(2)11-6/h3H,1-2H3,(H2,9,10). The molecule has 0 fully saturated rings. The number of nitrogens with zero attached hydrogens (tertiary/aromatic N) is 2. The van der Waals surface area contributed by atoms with Crippen molar-refractivity contribution in [1.82, 2.24) is 9.97 Å². The van der Waals surface area contributed by atoms with Gasteiger partial charge < -0.3 is 5.73 Å². The Hall–Kier alpha value is -0.590. The molecule has 0 atom stereocenters. The van der Waals surface area contributed by atoms with E-state index in [4.69, 9.17) is 5.73 Å². The molecule has 0 amide bonds. The largest absolute Gasteiger partial charge is 0.375 e. The van der Waals surface area contributed by atoms with E-state index in [0.717, 1.165) is 19.9 Å². The molecule has 0 saturated heterocycles. The molecular formula is C8H9N3S3. The number of aryl methyl sites for hydroxylation is 2. The van der Waals surface area contributed by atoms with Crippen LogP contribution in [0.15, 0.2) is 14.6 Å². The van der Waals surface area contributed by atoms with Crippen LogP contribution in [0.25, 0.3) is 0 Å². The molecule has 0 saturated carbocycles. The van der Waals surface area contributed by atoms with Crippen LogP contribution in [0.3, 0.4) is 0 Å². The molecule has 2 rings (SSSR count). The topological polar surface area (TPSA) is 51.8 Å². The normalized spacial score (nSPS) is 10.7. The van der Waals surface area contributed by atoms with Gasteiger partial charge in [0.15, 0.2) is 5.13 Å². The van der Waals surface area contributed by atoms with E-state index in [1.54, 1.807) is 23.1 Å². The average molecular weight is 243 g/mol. The van der Waals surface area contributed by atoms with Crippen molar-refractivity contribution in [2.45, 2.75) is 23.1 Å². The lowest BCUT2D eigenvalue weighted by Crippen LogP contribution is -1.80. The lowest BCUT2D eigenvalue weighted by atomic mass is 10.6. The maximum Gasteiger partial charge on any atom is 0.181 e. The number of hydrogen-bond donors (Lipinski definition) is 1. The zero-order valence-electron chi connectivity index (χ0n) is 7.77. The highest BCUT2D eigenvalue weighted by molar-refractivity contribution is 8.01. The van der Waals surface area contributed by atoms with E-state index in [9.17, 15) is 0 Å². The van der Waals surface area contributed by atoms with Crippen LogP contribution in [0.2, 0.25) is 0 Å². The van der Waals surface area contributed by atoms with Crippen molar-refractivity contribution >= 4 is 39.6 Å². The maximum absolute atomic E-state index is 5.61. The number of hydrogen-bond acceptors (Lipinski definition) is 6. The van der Waals surface area contributed by atoms with Crippen molar-refractivity contribution < 1.29 is 0 Å². The van der Waals surface area contributed by atoms with Crippen LogP contribution < -0.4 is 5.73 Å². The van der Waals surface area contributed by atoms with Crippen molar-refractivity contribution in [3.63, 3.8) is 0 Å². The van der Waals surface area contributed by atoms with Crippen LogP contribution in [0.5, 0.6) is 0 Å². The van der Waals surface area contributed by atoms with Gasteiger partial charge in [0, 0.05) is 5.38 Å². The van der Waals surface area contributed by atoms with Gasteiger partial charge in [-0.1, -0.05) is 23.1 Å². The molecule has 14 heavy (non-hydrogen) atoms. The second-order valence-corrected chi connectivity index (χ2v) is 6.11. The smallest absolute Gasteiger partial charge is 0.181 e. The Morgan fingerprint density at radius 1 is 1.36 bits per heavy atom. The first kappa shape index (κ1) is 9.95. The monoisotopic (exact) mass is 243 g/mol. The highest BCUT2D eigenvalue weighted by Gasteiger charge is 2.08. The summed E-state index contributed by atoms with van der Waals surface area (Å²) in [5.41, 5.74) is 6.60. The SMILES string of the molecule is Cc1nc(Sc2sc(N)nc2C)cs1. The molecule has 0 aromatic carbocycles. The lowest BCUT2D eigenvalue weighted by molar-refractivity contribution is 1.14. The fourth-order valence-electron chi connectivity index (χ4n) is 0.983. The molecule has 3 nitrogen and oxygen atoms in total. The summed E-state index contributed by atoms with van der Waals surface area (Å²) in [6.07, 6.45) is 0. The summed E-state index contributed by atoms with van der Waals surface area (Å²) < 4.78 is 1.13. The summed E-state index contributed by atoms with van der Waals surface area (Å²) in [7, 11) is 0. The maximum atomic E-state index is 5.61. The predicted molar refractivity (Wildman–Crippen MR) is 62.2 cm³/mol. The molecule has 74 valence electrons. The molecule has 0 bridgehead atoms. The zero-order valence-corrected chi connectivity index (χ0v) is 10.2. The first-order valence-electron chi connectivity index (χ1n) is 3.98. The van der Waals surface area contributed by atoms with Crippen LogP contribution in [-0.4, -0.2) is 9.97 Å². The molecule has 2 aromatic rings. The van der Waals surface area contributed by atoms with Gasteiger partial charge in [-0.3, -0.25) is 0 Å². The minimum atomic E-state index is 0.622. The molecule has 2 N–H and O–H groups in total. The van der Waals surface area contributed by atoms with Crippen molar-refractivity contribution in [3.8, 4) is 0 Å². The third kappa shape index (κ3) is 2.08. The van der Waals surface area contributed by atoms with Crippen molar-refractivity contribution in [2.24, 2.45) is 0 Å². The Morgan fingerprint density at radius 3 is 2.64 bits per heavy atom. The molecule has 0 radical (unpaired) electrons. The minimum Gasteiger partial charge on any atom is -0.375 e. The fourth-order valence-corrected chi connectivity index (χ4v) is 3.66. The van der Waals surface area contributed by atoms with E-state index < -0.39 is 0 Å². The van der Waals surface area contributed by atoms with Gasteiger partial charge in [-0.15, -0.1) is 11.3 Å². The van der Waals surface area contributed by atoms with Gasteiger partial charge in [0.1, 0.15) is 5.03 Å². The first-order chi connectivity index (χ1) is 6.65. The summed E-state index contributed by atoms with van der Waals surface area (Å²) in [6, 6.07) is 0. The van der Waals surface area contributed by atoms with Crippen molar-refractivity contribution in [3.05, 3.63) is 16.1 Å². The average Bonchev–Trinajstić information content (AvgIpc) is 2.61. The molecular weight excluding hydrogens is 234 g/mol. The number of nitrogen functional groups attached to an aromatic ring is 1. The van der Waals surface area contributed by atoms with Gasteiger partial charge in [0.25, 0.3) is 0 Å². The van der Waals surface area contributed by atoms with E-state index in [-0.39, 0.29) is 0 Å². The van der Waals surface area contributed by atoms with Crippen LogP contribution in [0, 0.1) is 13.8 Å². The van der Waals surface area contributed by atoms with Crippen LogP contribution in [0.4, 0.5) is 5.13 Å². The van der Waals surface area contributed by atoms with Crippen molar-refractivity contribution in [2.75, 3.05) is 5.73 Å². The Balaban J connectivity index is 2.22. The van der Waals surface area contributed by atoms with E-state index in [1.807, 2.05) is 13.8 Å².